The zero-order valence-electron chi connectivity index (χ0n) is 10.9. The third-order valence-corrected chi connectivity index (χ3v) is 6.89. The second-order valence-electron chi connectivity index (χ2n) is 4.94. The summed E-state index contributed by atoms with van der Waals surface area (Å²) >= 11 is 8.36. The van der Waals surface area contributed by atoms with Crippen molar-refractivity contribution in [2.45, 2.75) is 19.3 Å². The van der Waals surface area contributed by atoms with Gasteiger partial charge in [-0.05, 0) is 61.9 Å². The Morgan fingerprint density at radius 2 is 2.10 bits per heavy atom. The van der Waals surface area contributed by atoms with Gasteiger partial charge >= 0.3 is 0 Å². The quantitative estimate of drug-likeness (QED) is 0.609. The molecule has 2 heterocycles. The fraction of sp³-hybridized carbons (Fsp3) is 0.267. The first kappa shape index (κ1) is 14.3. The largest absolute Gasteiger partial charge is 0.307 e. The van der Waals surface area contributed by atoms with Crippen molar-refractivity contribution < 1.29 is 4.79 Å². The molecule has 0 spiro atoms. The molecule has 1 aliphatic heterocycles. The summed E-state index contributed by atoms with van der Waals surface area (Å²) in [4.78, 5) is 15.4. The van der Waals surface area contributed by atoms with Gasteiger partial charge in [0, 0.05) is 16.7 Å². The lowest BCUT2D eigenvalue weighted by molar-refractivity contribution is 0.0988. The predicted molar refractivity (Wildman–Crippen MR) is 90.9 cm³/mol. The molecule has 1 atom stereocenters. The number of fused-ring (bicyclic) bond motifs is 1. The van der Waals surface area contributed by atoms with E-state index in [2.05, 4.69) is 44.8 Å². The van der Waals surface area contributed by atoms with Crippen molar-refractivity contribution in [1.29, 1.82) is 0 Å². The fourth-order valence-electron chi connectivity index (χ4n) is 2.54. The molecule has 1 unspecified atom stereocenters. The maximum atomic E-state index is 12.7. The summed E-state index contributed by atoms with van der Waals surface area (Å²) in [6.45, 7) is 3.00. The van der Waals surface area contributed by atoms with Gasteiger partial charge < -0.3 is 4.90 Å². The van der Waals surface area contributed by atoms with E-state index < -0.39 is 0 Å². The maximum Gasteiger partial charge on any atom is 0.268 e. The van der Waals surface area contributed by atoms with Gasteiger partial charge in [-0.25, -0.2) is 0 Å². The van der Waals surface area contributed by atoms with Crippen molar-refractivity contribution in [2.24, 2.45) is 0 Å². The Hall–Kier alpha value is -0.650. The lowest BCUT2D eigenvalue weighted by Gasteiger charge is -2.32. The second-order valence-corrected chi connectivity index (χ2v) is 8.16. The Morgan fingerprint density at radius 1 is 1.35 bits per heavy atom. The Balaban J connectivity index is 1.99. The monoisotopic (exact) mass is 413 g/mol. The number of anilines is 1. The third-order valence-electron chi connectivity index (χ3n) is 3.65. The van der Waals surface area contributed by atoms with Crippen LogP contribution in [-0.4, -0.2) is 12.5 Å². The standard InChI is InChI=1S/C15H13Br2NOS/c1-9-6-7-18(12-5-3-2-4-10(9)12)15(19)13-8-11(16)14(17)20-13/h2-5,8-9H,6-7H2,1H3. The van der Waals surface area contributed by atoms with E-state index in [-0.39, 0.29) is 5.91 Å². The molecular formula is C15H13Br2NOS. The maximum absolute atomic E-state index is 12.7. The molecule has 20 heavy (non-hydrogen) atoms. The molecule has 1 aliphatic rings. The Bertz CT molecular complexity index is 648. The minimum absolute atomic E-state index is 0.0840. The topological polar surface area (TPSA) is 20.3 Å². The van der Waals surface area contributed by atoms with Gasteiger partial charge in [0.15, 0.2) is 0 Å². The lowest BCUT2D eigenvalue weighted by atomic mass is 9.91. The number of para-hydroxylation sites is 1. The molecule has 2 nitrogen and oxygen atoms in total. The number of nitrogens with zero attached hydrogens (tertiary/aromatic N) is 1. The molecule has 3 rings (SSSR count). The Labute approximate surface area is 139 Å². The van der Waals surface area contributed by atoms with Crippen LogP contribution >= 0.6 is 43.2 Å². The zero-order chi connectivity index (χ0) is 14.3. The van der Waals surface area contributed by atoms with Crippen LogP contribution in [0, 0.1) is 0 Å². The number of amides is 1. The summed E-state index contributed by atoms with van der Waals surface area (Å²) in [5.74, 6) is 0.595. The summed E-state index contributed by atoms with van der Waals surface area (Å²) in [5.41, 5.74) is 2.32. The highest BCUT2D eigenvalue weighted by atomic mass is 79.9. The van der Waals surface area contributed by atoms with Crippen LogP contribution in [0.25, 0.3) is 0 Å². The first-order chi connectivity index (χ1) is 9.58. The van der Waals surface area contributed by atoms with Gasteiger partial charge in [0.1, 0.15) is 0 Å². The summed E-state index contributed by atoms with van der Waals surface area (Å²) in [6.07, 6.45) is 1.01. The van der Waals surface area contributed by atoms with Crippen molar-refractivity contribution in [1.82, 2.24) is 0 Å². The van der Waals surface area contributed by atoms with Gasteiger partial charge in [0.05, 0.1) is 8.66 Å². The minimum atomic E-state index is 0.0840. The molecule has 0 aliphatic carbocycles. The molecule has 0 fully saturated rings. The van der Waals surface area contributed by atoms with Gasteiger partial charge in [-0.15, -0.1) is 11.3 Å². The van der Waals surface area contributed by atoms with Crippen molar-refractivity contribution >= 4 is 54.8 Å². The average Bonchev–Trinajstić information content (AvgIpc) is 2.79. The van der Waals surface area contributed by atoms with E-state index >= 15 is 0 Å². The van der Waals surface area contributed by atoms with E-state index in [9.17, 15) is 4.79 Å². The molecule has 1 aromatic carbocycles. The number of halogens is 2. The predicted octanol–water partition coefficient (Wildman–Crippen LogP) is 5.43. The van der Waals surface area contributed by atoms with Crippen molar-refractivity contribution in [3.8, 4) is 0 Å². The van der Waals surface area contributed by atoms with E-state index in [0.717, 1.165) is 31.8 Å². The number of carbonyl (C=O) groups excluding carboxylic acids is 1. The number of hydrogen-bond donors (Lipinski definition) is 0. The highest BCUT2D eigenvalue weighted by molar-refractivity contribution is 9.13. The highest BCUT2D eigenvalue weighted by Gasteiger charge is 2.27. The molecule has 0 N–H and O–H groups in total. The molecule has 104 valence electrons. The molecular weight excluding hydrogens is 402 g/mol. The third kappa shape index (κ3) is 2.47. The van der Waals surface area contributed by atoms with Gasteiger partial charge in [0.2, 0.25) is 0 Å². The molecule has 2 aromatic rings. The van der Waals surface area contributed by atoms with E-state index in [0.29, 0.717) is 5.92 Å². The van der Waals surface area contributed by atoms with Gasteiger partial charge in [-0.2, -0.15) is 0 Å². The summed E-state index contributed by atoms with van der Waals surface area (Å²) in [6, 6.07) is 10.1. The van der Waals surface area contributed by atoms with Crippen LogP contribution in [0.2, 0.25) is 0 Å². The number of carbonyl (C=O) groups is 1. The van der Waals surface area contributed by atoms with Crippen molar-refractivity contribution in [2.75, 3.05) is 11.4 Å². The molecule has 0 saturated carbocycles. The van der Waals surface area contributed by atoms with Crippen LogP contribution in [-0.2, 0) is 0 Å². The van der Waals surface area contributed by atoms with Crippen LogP contribution in [0.5, 0.6) is 0 Å². The smallest absolute Gasteiger partial charge is 0.268 e. The molecule has 1 aromatic heterocycles. The van der Waals surface area contributed by atoms with E-state index in [1.165, 1.54) is 16.9 Å². The SMILES string of the molecule is CC1CCN(C(=O)c2cc(Br)c(Br)s2)c2ccccc21. The molecule has 0 radical (unpaired) electrons. The Morgan fingerprint density at radius 3 is 2.80 bits per heavy atom. The number of hydrogen-bond acceptors (Lipinski definition) is 2. The Kier molecular flexibility index (Phi) is 4.02. The van der Waals surface area contributed by atoms with E-state index in [4.69, 9.17) is 0 Å². The minimum Gasteiger partial charge on any atom is -0.307 e. The van der Waals surface area contributed by atoms with Gasteiger partial charge in [-0.3, -0.25) is 4.79 Å². The van der Waals surface area contributed by atoms with E-state index in [1.54, 1.807) is 0 Å². The van der Waals surface area contributed by atoms with Crippen LogP contribution < -0.4 is 4.90 Å². The lowest BCUT2D eigenvalue weighted by Crippen LogP contribution is -2.35. The van der Waals surface area contributed by atoms with Gasteiger partial charge in [0.25, 0.3) is 5.91 Å². The highest BCUT2D eigenvalue weighted by Crippen LogP contribution is 2.38. The molecule has 1 amide bonds. The van der Waals surface area contributed by atoms with Crippen LogP contribution in [0.3, 0.4) is 0 Å². The summed E-state index contributed by atoms with van der Waals surface area (Å²) < 4.78 is 1.89. The zero-order valence-corrected chi connectivity index (χ0v) is 14.9. The van der Waals surface area contributed by atoms with Crippen LogP contribution in [0.4, 0.5) is 5.69 Å². The first-order valence-electron chi connectivity index (χ1n) is 6.43. The number of rotatable bonds is 1. The van der Waals surface area contributed by atoms with Gasteiger partial charge in [-0.1, -0.05) is 25.1 Å². The molecule has 0 bridgehead atoms. The normalized spacial score (nSPS) is 17.9. The summed E-state index contributed by atoms with van der Waals surface area (Å²) in [7, 11) is 0. The molecule has 5 heteroatoms. The van der Waals surface area contributed by atoms with E-state index in [1.807, 2.05) is 29.2 Å². The number of thiophene rings is 1. The molecule has 0 saturated heterocycles. The van der Waals surface area contributed by atoms with Crippen LogP contribution in [0.15, 0.2) is 38.6 Å². The van der Waals surface area contributed by atoms with Crippen LogP contribution in [0.1, 0.15) is 34.5 Å². The summed E-state index contributed by atoms with van der Waals surface area (Å²) in [5, 5.41) is 0. The van der Waals surface area contributed by atoms with Crippen molar-refractivity contribution in [3.63, 3.8) is 0 Å². The fourth-order valence-corrected chi connectivity index (χ4v) is 4.53. The average molecular weight is 415 g/mol. The number of benzene rings is 1. The van der Waals surface area contributed by atoms with Crippen molar-refractivity contribution in [3.05, 3.63) is 49.0 Å². The second kappa shape index (κ2) is 5.62. The first-order valence-corrected chi connectivity index (χ1v) is 8.84.